The number of isocyanates is 1. The van der Waals surface area contributed by atoms with E-state index in [9.17, 15) is 4.79 Å². The van der Waals surface area contributed by atoms with Crippen LogP contribution in [0.1, 0.15) is 13.8 Å². The number of hydrogen-bond acceptors (Lipinski definition) is 4. The smallest absolute Gasteiger partial charge is 0.258 e. The lowest BCUT2D eigenvalue weighted by Gasteiger charge is -2.17. The molecule has 0 aliphatic heterocycles. The van der Waals surface area contributed by atoms with Crippen LogP contribution < -0.4 is 5.01 Å². The lowest BCUT2D eigenvalue weighted by atomic mass is 10.4. The maximum atomic E-state index is 10.0. The van der Waals surface area contributed by atoms with Crippen molar-refractivity contribution in [2.45, 2.75) is 19.9 Å². The van der Waals surface area contributed by atoms with Gasteiger partial charge in [0.2, 0.25) is 5.95 Å². The number of aromatic nitrogens is 2. The Morgan fingerprint density at radius 3 is 2.92 bits per heavy atom. The van der Waals surface area contributed by atoms with E-state index in [0.717, 1.165) is 0 Å². The van der Waals surface area contributed by atoms with Gasteiger partial charge >= 0.3 is 0 Å². The number of anilines is 1. The van der Waals surface area contributed by atoms with Crippen molar-refractivity contribution in [2.75, 3.05) is 5.01 Å². The zero-order valence-electron chi connectivity index (χ0n) is 6.98. The van der Waals surface area contributed by atoms with E-state index in [4.69, 9.17) is 0 Å². The van der Waals surface area contributed by atoms with Crippen LogP contribution in [-0.4, -0.2) is 22.1 Å². The van der Waals surface area contributed by atoms with E-state index in [0.29, 0.717) is 5.95 Å². The summed E-state index contributed by atoms with van der Waals surface area (Å²) in [5, 5.41) is 4.97. The van der Waals surface area contributed by atoms with Crippen LogP contribution in [-0.2, 0) is 4.79 Å². The Morgan fingerprint density at radius 1 is 1.75 bits per heavy atom. The molecular formula is C7H10N4O. The molecule has 5 heteroatoms. The van der Waals surface area contributed by atoms with Crippen LogP contribution in [0.5, 0.6) is 0 Å². The number of nitrogens with zero attached hydrogens (tertiary/aromatic N) is 3. The monoisotopic (exact) mass is 166 g/mol. The average Bonchev–Trinajstić information content (AvgIpc) is 2.51. The number of nitrogens with one attached hydrogen (secondary N) is 1. The summed E-state index contributed by atoms with van der Waals surface area (Å²) in [5.74, 6) is 0.549. The number of hydrazone groups is 1. The third-order valence-corrected chi connectivity index (χ3v) is 1.34. The van der Waals surface area contributed by atoms with E-state index in [1.54, 1.807) is 12.4 Å². The Kier molecular flexibility index (Phi) is 2.61. The van der Waals surface area contributed by atoms with Crippen molar-refractivity contribution in [1.82, 2.24) is 9.97 Å². The minimum atomic E-state index is 0.0811. The Hall–Kier alpha value is -1.61. The van der Waals surface area contributed by atoms with Crippen LogP contribution in [0.15, 0.2) is 17.5 Å². The highest BCUT2D eigenvalue weighted by Gasteiger charge is 2.10. The summed E-state index contributed by atoms with van der Waals surface area (Å²) in [6.45, 7) is 3.81. The summed E-state index contributed by atoms with van der Waals surface area (Å²) in [4.78, 5) is 16.8. The highest BCUT2D eigenvalue weighted by atomic mass is 16.1. The lowest BCUT2D eigenvalue weighted by Crippen LogP contribution is -2.25. The fourth-order valence-electron chi connectivity index (χ4n) is 0.834. The molecule has 0 unspecified atom stereocenters. The first kappa shape index (κ1) is 8.49. The lowest BCUT2D eigenvalue weighted by molar-refractivity contribution is 0.558. The van der Waals surface area contributed by atoms with E-state index >= 15 is 0 Å². The SMILES string of the molecule is CC(C)N(N=C=O)c1ncc[nH]1. The van der Waals surface area contributed by atoms with Gasteiger partial charge in [-0.05, 0) is 13.8 Å². The second-order valence-corrected chi connectivity index (χ2v) is 2.54. The van der Waals surface area contributed by atoms with Crippen molar-refractivity contribution >= 4 is 12.0 Å². The summed E-state index contributed by atoms with van der Waals surface area (Å²) < 4.78 is 0. The summed E-state index contributed by atoms with van der Waals surface area (Å²) in [6.07, 6.45) is 4.75. The molecule has 1 aromatic heterocycles. The fourth-order valence-corrected chi connectivity index (χ4v) is 0.834. The highest BCUT2D eigenvalue weighted by Crippen LogP contribution is 2.09. The van der Waals surface area contributed by atoms with Crippen molar-refractivity contribution in [2.24, 2.45) is 5.10 Å². The van der Waals surface area contributed by atoms with Gasteiger partial charge in [0.05, 0.1) is 6.04 Å². The van der Waals surface area contributed by atoms with Gasteiger partial charge in [-0.25, -0.2) is 14.8 Å². The van der Waals surface area contributed by atoms with Gasteiger partial charge in [0.25, 0.3) is 6.08 Å². The third kappa shape index (κ3) is 1.71. The largest absolute Gasteiger partial charge is 0.329 e. The fraction of sp³-hybridized carbons (Fsp3) is 0.429. The zero-order valence-corrected chi connectivity index (χ0v) is 6.98. The molecule has 0 spiro atoms. The molecule has 0 fully saturated rings. The summed E-state index contributed by atoms with van der Waals surface area (Å²) in [6, 6.07) is 0.0811. The van der Waals surface area contributed by atoms with Crippen LogP contribution >= 0.6 is 0 Å². The van der Waals surface area contributed by atoms with E-state index in [1.165, 1.54) is 11.1 Å². The molecule has 0 aliphatic carbocycles. The van der Waals surface area contributed by atoms with Crippen molar-refractivity contribution in [3.05, 3.63) is 12.4 Å². The van der Waals surface area contributed by atoms with Gasteiger partial charge in [-0.2, -0.15) is 0 Å². The number of rotatable bonds is 3. The molecule has 1 rings (SSSR count). The predicted molar refractivity (Wildman–Crippen MR) is 44.3 cm³/mol. The molecule has 12 heavy (non-hydrogen) atoms. The minimum Gasteiger partial charge on any atom is -0.329 e. The number of imidazole rings is 1. The first-order valence-corrected chi connectivity index (χ1v) is 3.62. The molecule has 0 saturated heterocycles. The standard InChI is InChI=1S/C7H10N4O/c1-6(2)11(10-5-12)7-8-3-4-9-7/h3-4,6H,1-2H3,(H,8,9). The molecule has 0 amide bonds. The first-order valence-electron chi connectivity index (χ1n) is 3.62. The number of aromatic amines is 1. The van der Waals surface area contributed by atoms with Crippen LogP contribution in [0, 0.1) is 0 Å². The maximum Gasteiger partial charge on any atom is 0.258 e. The normalized spacial score (nSPS) is 9.58. The van der Waals surface area contributed by atoms with Crippen molar-refractivity contribution in [3.63, 3.8) is 0 Å². The molecule has 0 radical (unpaired) electrons. The van der Waals surface area contributed by atoms with Gasteiger partial charge in [-0.15, -0.1) is 0 Å². The molecule has 0 bridgehead atoms. The molecule has 1 N–H and O–H groups in total. The third-order valence-electron chi connectivity index (χ3n) is 1.34. The molecule has 64 valence electrons. The Bertz CT molecular complexity index is 274. The van der Waals surface area contributed by atoms with Gasteiger partial charge in [0.15, 0.2) is 0 Å². The molecule has 5 nitrogen and oxygen atoms in total. The molecule has 0 aliphatic rings. The predicted octanol–water partition coefficient (Wildman–Crippen LogP) is 0.875. The van der Waals surface area contributed by atoms with E-state index in [-0.39, 0.29) is 6.04 Å². The average molecular weight is 166 g/mol. The molecular weight excluding hydrogens is 156 g/mol. The molecule has 1 heterocycles. The summed E-state index contributed by atoms with van der Waals surface area (Å²) in [7, 11) is 0. The quantitative estimate of drug-likeness (QED) is 0.412. The Balaban J connectivity index is 2.87. The van der Waals surface area contributed by atoms with Crippen LogP contribution in [0.2, 0.25) is 0 Å². The van der Waals surface area contributed by atoms with Gasteiger partial charge in [-0.3, -0.25) is 0 Å². The van der Waals surface area contributed by atoms with Crippen molar-refractivity contribution < 1.29 is 4.79 Å². The van der Waals surface area contributed by atoms with Gasteiger partial charge in [0.1, 0.15) is 0 Å². The zero-order chi connectivity index (χ0) is 8.97. The Labute approximate surface area is 70.1 Å². The summed E-state index contributed by atoms with van der Waals surface area (Å²) in [5.41, 5.74) is 0. The van der Waals surface area contributed by atoms with Crippen LogP contribution in [0.25, 0.3) is 0 Å². The topological polar surface area (TPSA) is 61.4 Å². The van der Waals surface area contributed by atoms with E-state index < -0.39 is 0 Å². The van der Waals surface area contributed by atoms with Crippen LogP contribution in [0.4, 0.5) is 5.95 Å². The maximum absolute atomic E-state index is 10.0. The van der Waals surface area contributed by atoms with Crippen molar-refractivity contribution in [1.29, 1.82) is 0 Å². The first-order chi connectivity index (χ1) is 5.75. The van der Waals surface area contributed by atoms with Gasteiger partial charge in [-0.1, -0.05) is 5.10 Å². The minimum absolute atomic E-state index is 0.0811. The molecule has 0 saturated carbocycles. The summed E-state index contributed by atoms with van der Waals surface area (Å²) >= 11 is 0. The second-order valence-electron chi connectivity index (χ2n) is 2.54. The molecule has 0 aromatic carbocycles. The second kappa shape index (κ2) is 3.69. The highest BCUT2D eigenvalue weighted by molar-refractivity contribution is 5.40. The number of carbonyl (C=O) groups excluding carboxylic acids is 1. The number of H-pyrrole nitrogens is 1. The Morgan fingerprint density at radius 2 is 2.50 bits per heavy atom. The van der Waals surface area contributed by atoms with E-state index in [1.807, 2.05) is 13.8 Å². The molecule has 1 aromatic rings. The molecule has 0 atom stereocenters. The van der Waals surface area contributed by atoms with Crippen LogP contribution in [0.3, 0.4) is 0 Å². The van der Waals surface area contributed by atoms with E-state index in [2.05, 4.69) is 15.1 Å². The van der Waals surface area contributed by atoms with Crippen molar-refractivity contribution in [3.8, 4) is 0 Å². The number of hydrogen-bond donors (Lipinski definition) is 1. The van der Waals surface area contributed by atoms with Gasteiger partial charge in [0, 0.05) is 12.4 Å². The van der Waals surface area contributed by atoms with Gasteiger partial charge < -0.3 is 4.98 Å².